The Morgan fingerprint density at radius 2 is 2.03 bits per heavy atom. The number of likely N-dealkylation sites (tertiary alicyclic amines) is 1. The Balaban J connectivity index is 1.44. The van der Waals surface area contributed by atoms with Crippen molar-refractivity contribution in [3.63, 3.8) is 0 Å². The van der Waals surface area contributed by atoms with Crippen LogP contribution < -0.4 is 0 Å². The van der Waals surface area contributed by atoms with Crippen molar-refractivity contribution in [1.29, 1.82) is 0 Å². The first-order valence-corrected chi connectivity index (χ1v) is 11.0. The van der Waals surface area contributed by atoms with E-state index in [4.69, 9.17) is 9.97 Å². The Morgan fingerprint density at radius 3 is 2.83 bits per heavy atom. The highest BCUT2D eigenvalue weighted by Gasteiger charge is 2.28. The van der Waals surface area contributed by atoms with Crippen molar-refractivity contribution in [3.8, 4) is 0 Å². The topological polar surface area (TPSA) is 49.3 Å². The molecule has 0 bridgehead atoms. The molecule has 2 aliphatic rings. The number of piperidine rings is 1. The van der Waals surface area contributed by atoms with Crippen LogP contribution in [0.5, 0.6) is 0 Å². The van der Waals surface area contributed by atoms with Gasteiger partial charge < -0.3 is 4.90 Å². The molecule has 4 rings (SSSR count). The van der Waals surface area contributed by atoms with E-state index in [1.807, 2.05) is 11.1 Å². The van der Waals surface area contributed by atoms with Crippen molar-refractivity contribution in [1.82, 2.24) is 19.8 Å². The van der Waals surface area contributed by atoms with Crippen molar-refractivity contribution < 1.29 is 4.79 Å². The van der Waals surface area contributed by atoms with Crippen molar-refractivity contribution in [2.45, 2.75) is 64.5 Å². The number of amides is 1. The van der Waals surface area contributed by atoms with E-state index in [-0.39, 0.29) is 5.91 Å². The molecular weight excluding hydrogens is 360 g/mol. The number of carbonyl (C=O) groups excluding carboxylic acids is 1. The maximum absolute atomic E-state index is 11.7. The lowest BCUT2D eigenvalue weighted by Gasteiger charge is -2.36. The summed E-state index contributed by atoms with van der Waals surface area (Å²) in [7, 11) is 0. The highest BCUT2D eigenvalue weighted by Crippen LogP contribution is 2.31. The minimum Gasteiger partial charge on any atom is -0.338 e. The summed E-state index contributed by atoms with van der Waals surface area (Å²) < 4.78 is 0. The molecule has 1 saturated heterocycles. The average Bonchev–Trinajstić information content (AvgIpc) is 2.77. The average molecular weight is 393 g/mol. The van der Waals surface area contributed by atoms with Gasteiger partial charge in [0.15, 0.2) is 0 Å². The van der Waals surface area contributed by atoms with Crippen LogP contribution in [-0.4, -0.2) is 45.3 Å². The molecule has 2 atom stereocenters. The van der Waals surface area contributed by atoms with Gasteiger partial charge in [0.25, 0.3) is 0 Å². The van der Waals surface area contributed by atoms with Gasteiger partial charge in [-0.1, -0.05) is 43.7 Å². The van der Waals surface area contributed by atoms with Crippen LogP contribution in [-0.2, 0) is 17.8 Å². The maximum atomic E-state index is 11.7. The molecule has 154 valence electrons. The number of benzene rings is 1. The van der Waals surface area contributed by atoms with Crippen molar-refractivity contribution in [2.75, 3.05) is 19.6 Å². The molecule has 1 aromatic heterocycles. The lowest BCUT2D eigenvalue weighted by Crippen LogP contribution is -2.37. The fourth-order valence-electron chi connectivity index (χ4n) is 4.62. The smallest absolute Gasteiger partial charge is 0.219 e. The summed E-state index contributed by atoms with van der Waals surface area (Å²) in [6, 6.07) is 11.1. The van der Waals surface area contributed by atoms with Crippen LogP contribution in [0.4, 0.5) is 0 Å². The Kier molecular flexibility index (Phi) is 6.24. The second-order valence-corrected chi connectivity index (χ2v) is 8.54. The molecule has 0 unspecified atom stereocenters. The minimum absolute atomic E-state index is 0.130. The molecule has 0 aliphatic carbocycles. The SMILES string of the molecule is CC(=O)N1CCc2nc([C@H]3CCCCN3CC[C@H](C)c3ccccc3)ncc2C1. The van der Waals surface area contributed by atoms with Crippen molar-refractivity contribution in [2.24, 2.45) is 0 Å². The number of aromatic nitrogens is 2. The Hall–Kier alpha value is -2.27. The molecule has 1 aromatic carbocycles. The van der Waals surface area contributed by atoms with Gasteiger partial charge in [-0.2, -0.15) is 0 Å². The molecule has 1 fully saturated rings. The Morgan fingerprint density at radius 1 is 1.21 bits per heavy atom. The standard InChI is InChI=1S/C24H32N4O/c1-18(20-8-4-3-5-9-20)11-14-27-13-7-6-10-23(27)24-25-16-21-17-28(19(2)29)15-12-22(21)26-24/h3-5,8-9,16,18,23H,6-7,10-15,17H2,1-2H3/t18-,23+/m0/s1. The first kappa shape index (κ1) is 20.0. The summed E-state index contributed by atoms with van der Waals surface area (Å²) in [4.78, 5) is 25.9. The maximum Gasteiger partial charge on any atom is 0.219 e. The normalized spacial score (nSPS) is 20.9. The van der Waals surface area contributed by atoms with Crippen LogP contribution in [0.15, 0.2) is 36.5 Å². The second-order valence-electron chi connectivity index (χ2n) is 8.54. The third-order valence-corrected chi connectivity index (χ3v) is 6.53. The molecule has 1 amide bonds. The zero-order valence-corrected chi connectivity index (χ0v) is 17.7. The van der Waals surface area contributed by atoms with Crippen LogP contribution in [0, 0.1) is 0 Å². The van der Waals surface area contributed by atoms with Crippen LogP contribution in [0.3, 0.4) is 0 Å². The van der Waals surface area contributed by atoms with Gasteiger partial charge in [0.05, 0.1) is 11.7 Å². The van der Waals surface area contributed by atoms with Gasteiger partial charge in [-0.05, 0) is 43.8 Å². The number of hydrogen-bond donors (Lipinski definition) is 0. The van der Waals surface area contributed by atoms with E-state index >= 15 is 0 Å². The zero-order chi connectivity index (χ0) is 20.2. The predicted molar refractivity (Wildman–Crippen MR) is 114 cm³/mol. The van der Waals surface area contributed by atoms with E-state index in [1.165, 1.54) is 18.4 Å². The number of hydrogen-bond acceptors (Lipinski definition) is 4. The van der Waals surface area contributed by atoms with E-state index in [2.05, 4.69) is 42.2 Å². The lowest BCUT2D eigenvalue weighted by molar-refractivity contribution is -0.129. The monoisotopic (exact) mass is 392 g/mol. The molecule has 0 N–H and O–H groups in total. The molecule has 3 heterocycles. The molecule has 0 radical (unpaired) electrons. The molecule has 0 spiro atoms. The highest BCUT2D eigenvalue weighted by molar-refractivity contribution is 5.73. The fourth-order valence-corrected chi connectivity index (χ4v) is 4.62. The van der Waals surface area contributed by atoms with Gasteiger partial charge in [0.2, 0.25) is 5.91 Å². The van der Waals surface area contributed by atoms with E-state index in [0.717, 1.165) is 56.0 Å². The summed E-state index contributed by atoms with van der Waals surface area (Å²) in [6.45, 7) is 7.58. The molecular formula is C24H32N4O. The van der Waals surface area contributed by atoms with Crippen LogP contribution >= 0.6 is 0 Å². The zero-order valence-electron chi connectivity index (χ0n) is 17.7. The van der Waals surface area contributed by atoms with Crippen LogP contribution in [0.1, 0.15) is 74.1 Å². The van der Waals surface area contributed by atoms with Crippen molar-refractivity contribution >= 4 is 5.91 Å². The highest BCUT2D eigenvalue weighted by atomic mass is 16.2. The van der Waals surface area contributed by atoms with Gasteiger partial charge in [0, 0.05) is 38.2 Å². The Bertz CT molecular complexity index is 838. The van der Waals surface area contributed by atoms with E-state index in [0.29, 0.717) is 18.5 Å². The summed E-state index contributed by atoms with van der Waals surface area (Å²) >= 11 is 0. The molecule has 5 nitrogen and oxygen atoms in total. The number of carbonyl (C=O) groups is 1. The molecule has 5 heteroatoms. The summed E-state index contributed by atoms with van der Waals surface area (Å²) in [5.74, 6) is 1.67. The molecule has 0 saturated carbocycles. The summed E-state index contributed by atoms with van der Waals surface area (Å²) in [5, 5.41) is 0. The largest absolute Gasteiger partial charge is 0.338 e. The summed E-state index contributed by atoms with van der Waals surface area (Å²) in [5.41, 5.74) is 3.66. The lowest BCUT2D eigenvalue weighted by atomic mass is 9.95. The van der Waals surface area contributed by atoms with Gasteiger partial charge >= 0.3 is 0 Å². The van der Waals surface area contributed by atoms with E-state index in [9.17, 15) is 4.79 Å². The van der Waals surface area contributed by atoms with Crippen LogP contribution in [0.2, 0.25) is 0 Å². The summed E-state index contributed by atoms with van der Waals surface area (Å²) in [6.07, 6.45) is 7.59. The van der Waals surface area contributed by atoms with E-state index < -0.39 is 0 Å². The van der Waals surface area contributed by atoms with Gasteiger partial charge in [-0.3, -0.25) is 9.69 Å². The number of fused-ring (bicyclic) bond motifs is 1. The van der Waals surface area contributed by atoms with E-state index in [1.54, 1.807) is 6.92 Å². The van der Waals surface area contributed by atoms with Crippen molar-refractivity contribution in [3.05, 3.63) is 59.2 Å². The van der Waals surface area contributed by atoms with Gasteiger partial charge in [-0.15, -0.1) is 0 Å². The third-order valence-electron chi connectivity index (χ3n) is 6.53. The molecule has 29 heavy (non-hydrogen) atoms. The number of nitrogens with zero attached hydrogens (tertiary/aromatic N) is 4. The first-order valence-electron chi connectivity index (χ1n) is 11.0. The predicted octanol–water partition coefficient (Wildman–Crippen LogP) is 4.10. The molecule has 2 aromatic rings. The van der Waals surface area contributed by atoms with Crippen LogP contribution in [0.25, 0.3) is 0 Å². The number of rotatable bonds is 5. The quantitative estimate of drug-likeness (QED) is 0.769. The fraction of sp³-hybridized carbons (Fsp3) is 0.542. The minimum atomic E-state index is 0.130. The molecule has 2 aliphatic heterocycles. The second kappa shape index (κ2) is 9.04. The first-order chi connectivity index (χ1) is 14.1. The Labute approximate surface area is 174 Å². The van der Waals surface area contributed by atoms with Gasteiger partial charge in [-0.25, -0.2) is 9.97 Å². The van der Waals surface area contributed by atoms with Gasteiger partial charge in [0.1, 0.15) is 5.82 Å². The third kappa shape index (κ3) is 4.67.